The van der Waals surface area contributed by atoms with Crippen LogP contribution in [0.5, 0.6) is 5.75 Å². The highest BCUT2D eigenvalue weighted by atomic mass is 32.2. The van der Waals surface area contributed by atoms with Crippen LogP contribution < -0.4 is 9.04 Å². The largest absolute Gasteiger partial charge is 0.494 e. The summed E-state index contributed by atoms with van der Waals surface area (Å²) in [7, 11) is -2.07. The molecule has 0 saturated carbocycles. The van der Waals surface area contributed by atoms with Crippen molar-refractivity contribution < 1.29 is 13.2 Å². The Balaban J connectivity index is 2.07. The molecule has 2 rings (SSSR count). The summed E-state index contributed by atoms with van der Waals surface area (Å²) < 4.78 is 32.5. The topological polar surface area (TPSA) is 70.4 Å². The van der Waals surface area contributed by atoms with Crippen LogP contribution in [0.25, 0.3) is 0 Å². The maximum atomic E-state index is 12.8. The molecule has 0 fully saturated rings. The van der Waals surface area contributed by atoms with E-state index in [1.54, 1.807) is 43.4 Å². The molecule has 0 aliphatic heterocycles. The Morgan fingerprint density at radius 2 is 1.73 bits per heavy atom. The van der Waals surface area contributed by atoms with Crippen LogP contribution in [-0.4, -0.2) is 22.1 Å². The van der Waals surface area contributed by atoms with E-state index in [0.717, 1.165) is 24.0 Å². The van der Waals surface area contributed by atoms with Gasteiger partial charge in [-0.05, 0) is 74.2 Å². The zero-order valence-electron chi connectivity index (χ0n) is 15.4. The number of hydrogen-bond donors (Lipinski definition) is 0. The van der Waals surface area contributed by atoms with Crippen molar-refractivity contribution in [1.29, 1.82) is 5.26 Å². The Morgan fingerprint density at radius 3 is 2.35 bits per heavy atom. The fourth-order valence-electron chi connectivity index (χ4n) is 2.42. The first-order chi connectivity index (χ1) is 12.4. The first-order valence-electron chi connectivity index (χ1n) is 8.52. The first-order valence-corrected chi connectivity index (χ1v) is 9.96. The van der Waals surface area contributed by atoms with Crippen molar-refractivity contribution in [2.45, 2.75) is 38.0 Å². The van der Waals surface area contributed by atoms with E-state index in [0.29, 0.717) is 24.5 Å². The number of sulfonamides is 1. The SMILES string of the molecule is Cc1ccc(S(=O)(=O)N(C)c2ccc(OCCCCC#N)cc2)cc1C. The summed E-state index contributed by atoms with van der Waals surface area (Å²) in [6.45, 7) is 4.39. The number of nitriles is 1. The molecule has 0 saturated heterocycles. The molecular weight excluding hydrogens is 348 g/mol. The lowest BCUT2D eigenvalue weighted by Crippen LogP contribution is -2.26. The van der Waals surface area contributed by atoms with E-state index in [-0.39, 0.29) is 4.90 Å². The molecule has 0 aromatic heterocycles. The summed E-state index contributed by atoms with van der Waals surface area (Å²) in [5.41, 5.74) is 2.57. The number of aryl methyl sites for hydroxylation is 2. The molecule has 0 spiro atoms. The molecule has 6 heteroatoms. The summed E-state index contributed by atoms with van der Waals surface area (Å²) in [5.74, 6) is 0.683. The van der Waals surface area contributed by atoms with E-state index in [9.17, 15) is 8.42 Å². The molecule has 0 heterocycles. The van der Waals surface area contributed by atoms with Crippen LogP contribution in [0.2, 0.25) is 0 Å². The Kier molecular flexibility index (Phi) is 6.64. The van der Waals surface area contributed by atoms with Crippen LogP contribution in [0.1, 0.15) is 30.4 Å². The minimum atomic E-state index is -3.61. The van der Waals surface area contributed by atoms with Crippen molar-refractivity contribution in [1.82, 2.24) is 0 Å². The van der Waals surface area contributed by atoms with Crippen LogP contribution in [-0.2, 0) is 10.0 Å². The minimum absolute atomic E-state index is 0.279. The van der Waals surface area contributed by atoms with Gasteiger partial charge in [0.2, 0.25) is 0 Å². The van der Waals surface area contributed by atoms with E-state index in [1.807, 2.05) is 19.9 Å². The second kappa shape index (κ2) is 8.72. The molecule has 2 aromatic rings. The fourth-order valence-corrected chi connectivity index (χ4v) is 3.70. The lowest BCUT2D eigenvalue weighted by atomic mass is 10.1. The molecule has 0 N–H and O–H groups in total. The lowest BCUT2D eigenvalue weighted by molar-refractivity contribution is 0.307. The Hall–Kier alpha value is -2.52. The number of anilines is 1. The monoisotopic (exact) mass is 372 g/mol. The number of hydrogen-bond acceptors (Lipinski definition) is 4. The summed E-state index contributed by atoms with van der Waals surface area (Å²) in [6.07, 6.45) is 2.16. The maximum absolute atomic E-state index is 12.8. The molecule has 0 atom stereocenters. The molecule has 2 aromatic carbocycles. The second-order valence-corrected chi connectivity index (χ2v) is 8.15. The van der Waals surface area contributed by atoms with Crippen molar-refractivity contribution in [3.8, 4) is 11.8 Å². The molecule has 0 aliphatic rings. The van der Waals surface area contributed by atoms with E-state index < -0.39 is 10.0 Å². The molecule has 0 bridgehead atoms. The number of ether oxygens (including phenoxy) is 1. The average molecular weight is 372 g/mol. The van der Waals surface area contributed by atoms with Crippen molar-refractivity contribution in [3.63, 3.8) is 0 Å². The standard InChI is InChI=1S/C20H24N2O3S/c1-16-7-12-20(15-17(16)2)26(23,24)22(3)18-8-10-19(11-9-18)25-14-6-4-5-13-21/h7-12,15H,4-6,14H2,1-3H3. The molecule has 0 radical (unpaired) electrons. The highest BCUT2D eigenvalue weighted by molar-refractivity contribution is 7.92. The fraction of sp³-hybridized carbons (Fsp3) is 0.350. The average Bonchev–Trinajstić information content (AvgIpc) is 2.63. The van der Waals surface area contributed by atoms with Gasteiger partial charge in [-0.25, -0.2) is 8.42 Å². The molecule has 138 valence electrons. The predicted octanol–water partition coefficient (Wildman–Crippen LogP) is 4.20. The Labute approximate surface area is 155 Å². The van der Waals surface area contributed by atoms with Crippen LogP contribution in [0.15, 0.2) is 47.4 Å². The molecule has 0 aliphatic carbocycles. The van der Waals surface area contributed by atoms with Gasteiger partial charge in [0.25, 0.3) is 10.0 Å². The number of nitrogens with zero attached hydrogens (tertiary/aromatic N) is 2. The molecule has 26 heavy (non-hydrogen) atoms. The van der Waals surface area contributed by atoms with E-state index in [2.05, 4.69) is 6.07 Å². The number of benzene rings is 2. The molecule has 0 amide bonds. The van der Waals surface area contributed by atoms with Crippen molar-refractivity contribution in [3.05, 3.63) is 53.6 Å². The van der Waals surface area contributed by atoms with Crippen LogP contribution in [0.3, 0.4) is 0 Å². The van der Waals surface area contributed by atoms with Crippen molar-refractivity contribution in [2.75, 3.05) is 18.0 Å². The smallest absolute Gasteiger partial charge is 0.264 e. The Bertz CT molecular complexity index is 884. The lowest BCUT2D eigenvalue weighted by Gasteiger charge is -2.20. The van der Waals surface area contributed by atoms with Gasteiger partial charge in [-0.2, -0.15) is 5.26 Å². The number of unbranched alkanes of at least 4 members (excludes halogenated alkanes) is 2. The summed E-state index contributed by atoms with van der Waals surface area (Å²) in [6, 6.07) is 14.2. The third-order valence-corrected chi connectivity index (χ3v) is 6.07. The van der Waals surface area contributed by atoms with Gasteiger partial charge in [0.15, 0.2) is 0 Å². The van der Waals surface area contributed by atoms with Gasteiger partial charge in [-0.1, -0.05) is 6.07 Å². The Morgan fingerprint density at radius 1 is 1.04 bits per heavy atom. The van der Waals surface area contributed by atoms with E-state index in [4.69, 9.17) is 10.00 Å². The summed E-state index contributed by atoms with van der Waals surface area (Å²) >= 11 is 0. The van der Waals surface area contributed by atoms with Gasteiger partial charge in [-0.3, -0.25) is 4.31 Å². The zero-order valence-corrected chi connectivity index (χ0v) is 16.2. The third-order valence-electron chi connectivity index (χ3n) is 4.29. The van der Waals surface area contributed by atoms with Crippen molar-refractivity contribution >= 4 is 15.7 Å². The third kappa shape index (κ3) is 4.77. The van der Waals surface area contributed by atoms with Crippen LogP contribution in [0, 0.1) is 25.2 Å². The summed E-state index contributed by atoms with van der Waals surface area (Å²) in [4.78, 5) is 0.279. The molecular formula is C20H24N2O3S. The number of rotatable bonds is 8. The summed E-state index contributed by atoms with van der Waals surface area (Å²) in [5, 5.41) is 8.50. The normalized spacial score (nSPS) is 11.0. The second-order valence-electron chi connectivity index (χ2n) is 6.18. The van der Waals surface area contributed by atoms with Gasteiger partial charge >= 0.3 is 0 Å². The van der Waals surface area contributed by atoms with Crippen LogP contribution in [0.4, 0.5) is 5.69 Å². The highest BCUT2D eigenvalue weighted by Crippen LogP contribution is 2.25. The maximum Gasteiger partial charge on any atom is 0.264 e. The van der Waals surface area contributed by atoms with Gasteiger partial charge in [0.1, 0.15) is 5.75 Å². The van der Waals surface area contributed by atoms with Gasteiger partial charge < -0.3 is 4.74 Å². The van der Waals surface area contributed by atoms with E-state index >= 15 is 0 Å². The first kappa shape index (κ1) is 19.8. The van der Waals surface area contributed by atoms with Gasteiger partial charge in [0.05, 0.1) is 23.3 Å². The van der Waals surface area contributed by atoms with Crippen LogP contribution >= 0.6 is 0 Å². The predicted molar refractivity (Wildman–Crippen MR) is 103 cm³/mol. The van der Waals surface area contributed by atoms with Crippen molar-refractivity contribution in [2.24, 2.45) is 0 Å². The molecule has 5 nitrogen and oxygen atoms in total. The molecule has 0 unspecified atom stereocenters. The van der Waals surface area contributed by atoms with E-state index in [1.165, 1.54) is 4.31 Å². The zero-order chi connectivity index (χ0) is 19.2. The minimum Gasteiger partial charge on any atom is -0.494 e. The highest BCUT2D eigenvalue weighted by Gasteiger charge is 2.21. The van der Waals surface area contributed by atoms with Gasteiger partial charge in [-0.15, -0.1) is 0 Å². The van der Waals surface area contributed by atoms with Gasteiger partial charge in [0, 0.05) is 13.5 Å². The quantitative estimate of drug-likeness (QED) is 0.651.